The monoisotopic (exact) mass is 323 g/mol. The highest BCUT2D eigenvalue weighted by Crippen LogP contribution is 2.37. The third-order valence-corrected chi connectivity index (χ3v) is 5.24. The highest BCUT2D eigenvalue weighted by molar-refractivity contribution is 8.00. The van der Waals surface area contributed by atoms with Gasteiger partial charge in [0.2, 0.25) is 11.1 Å². The Hall–Kier alpha value is -1.41. The van der Waals surface area contributed by atoms with Gasteiger partial charge in [0.1, 0.15) is 0 Å². The third-order valence-electron chi connectivity index (χ3n) is 3.26. The van der Waals surface area contributed by atoms with E-state index in [1.54, 1.807) is 11.3 Å². The van der Waals surface area contributed by atoms with Crippen LogP contribution in [0.3, 0.4) is 0 Å². The van der Waals surface area contributed by atoms with Crippen molar-refractivity contribution in [2.45, 2.75) is 42.6 Å². The van der Waals surface area contributed by atoms with Crippen LogP contribution in [0.15, 0.2) is 22.7 Å². The van der Waals surface area contributed by atoms with Gasteiger partial charge in [0, 0.05) is 11.4 Å². The zero-order valence-electron chi connectivity index (χ0n) is 11.7. The zero-order valence-corrected chi connectivity index (χ0v) is 13.4. The van der Waals surface area contributed by atoms with Gasteiger partial charge >= 0.3 is 0 Å². The summed E-state index contributed by atoms with van der Waals surface area (Å²) in [6, 6.07) is 4.54. The molecule has 0 saturated heterocycles. The van der Waals surface area contributed by atoms with Crippen molar-refractivity contribution >= 4 is 29.0 Å². The molecule has 0 spiro atoms. The first-order valence-electron chi connectivity index (χ1n) is 6.98. The lowest BCUT2D eigenvalue weighted by Gasteiger charge is -2.11. The van der Waals surface area contributed by atoms with Crippen molar-refractivity contribution in [3.05, 3.63) is 22.4 Å². The normalized spacial score (nSPS) is 15.9. The van der Waals surface area contributed by atoms with Crippen molar-refractivity contribution in [3.8, 4) is 0 Å². The van der Waals surface area contributed by atoms with Gasteiger partial charge in [-0.1, -0.05) is 17.8 Å². The fourth-order valence-corrected chi connectivity index (χ4v) is 3.52. The first kappa shape index (κ1) is 14.5. The quantitative estimate of drug-likeness (QED) is 0.788. The van der Waals surface area contributed by atoms with E-state index in [4.69, 9.17) is 0 Å². The summed E-state index contributed by atoms with van der Waals surface area (Å²) >= 11 is 3.13. The maximum atomic E-state index is 12.1. The number of aromatic nitrogens is 4. The molecule has 1 saturated carbocycles. The van der Waals surface area contributed by atoms with Crippen molar-refractivity contribution < 1.29 is 4.79 Å². The average Bonchev–Trinajstić information content (AvgIpc) is 2.99. The van der Waals surface area contributed by atoms with Crippen LogP contribution in [0.5, 0.6) is 0 Å². The lowest BCUT2D eigenvalue weighted by molar-refractivity contribution is -0.120. The van der Waals surface area contributed by atoms with Crippen LogP contribution in [0.4, 0.5) is 0 Å². The molecule has 2 heterocycles. The van der Waals surface area contributed by atoms with E-state index in [0.717, 1.165) is 24.4 Å². The molecular formula is C13H17N5OS2. The van der Waals surface area contributed by atoms with E-state index in [2.05, 4.69) is 26.9 Å². The molecule has 1 aliphatic rings. The van der Waals surface area contributed by atoms with Crippen LogP contribution in [0.25, 0.3) is 0 Å². The van der Waals surface area contributed by atoms with Crippen molar-refractivity contribution in [2.24, 2.45) is 0 Å². The molecular weight excluding hydrogens is 306 g/mol. The lowest BCUT2D eigenvalue weighted by Crippen LogP contribution is -2.32. The smallest absolute Gasteiger partial charge is 0.233 e. The van der Waals surface area contributed by atoms with Crippen molar-refractivity contribution in [2.75, 3.05) is 6.54 Å². The molecule has 6 nitrogen and oxygen atoms in total. The Kier molecular flexibility index (Phi) is 4.54. The topological polar surface area (TPSA) is 72.7 Å². The van der Waals surface area contributed by atoms with E-state index < -0.39 is 0 Å². The number of nitrogens with zero attached hydrogens (tertiary/aromatic N) is 4. The molecule has 1 amide bonds. The molecule has 3 rings (SSSR count). The molecule has 1 fully saturated rings. The van der Waals surface area contributed by atoms with E-state index in [1.807, 2.05) is 23.1 Å². The first-order chi connectivity index (χ1) is 10.2. The van der Waals surface area contributed by atoms with E-state index in [-0.39, 0.29) is 11.2 Å². The third kappa shape index (κ3) is 3.82. The Morgan fingerprint density at radius 3 is 3.19 bits per heavy atom. The summed E-state index contributed by atoms with van der Waals surface area (Å²) in [5, 5.41) is 17.3. The molecule has 0 bridgehead atoms. The molecule has 2 aromatic rings. The summed E-state index contributed by atoms with van der Waals surface area (Å²) in [5.41, 5.74) is 0. The van der Waals surface area contributed by atoms with Crippen molar-refractivity contribution in [1.29, 1.82) is 0 Å². The maximum Gasteiger partial charge on any atom is 0.233 e. The standard InChI is InChI=1S/C13H17N5OS2/c1-9(12(19)14-7-6-11-3-2-8-20-11)21-13-15-16-17-18(13)10-4-5-10/h2-3,8-10H,4-7H2,1H3,(H,14,19). The molecule has 0 aliphatic heterocycles. The van der Waals surface area contributed by atoms with Gasteiger partial charge in [0.15, 0.2) is 0 Å². The van der Waals surface area contributed by atoms with Crippen LogP contribution in [0, 0.1) is 0 Å². The van der Waals surface area contributed by atoms with Crippen LogP contribution in [-0.2, 0) is 11.2 Å². The number of thioether (sulfide) groups is 1. The minimum Gasteiger partial charge on any atom is -0.355 e. The fourth-order valence-electron chi connectivity index (χ4n) is 1.93. The van der Waals surface area contributed by atoms with Crippen molar-refractivity contribution in [1.82, 2.24) is 25.5 Å². The molecule has 1 N–H and O–H groups in total. The summed E-state index contributed by atoms with van der Waals surface area (Å²) in [6.07, 6.45) is 3.13. The molecule has 1 aliphatic carbocycles. The Bertz CT molecular complexity index is 593. The lowest BCUT2D eigenvalue weighted by atomic mass is 10.3. The second-order valence-electron chi connectivity index (χ2n) is 5.02. The Labute approximate surface area is 131 Å². The van der Waals surface area contributed by atoms with E-state index in [9.17, 15) is 4.79 Å². The average molecular weight is 323 g/mol. The van der Waals surface area contributed by atoms with Crippen LogP contribution in [0.2, 0.25) is 0 Å². The van der Waals surface area contributed by atoms with Gasteiger partial charge in [-0.2, -0.15) is 0 Å². The molecule has 1 atom stereocenters. The van der Waals surface area contributed by atoms with Crippen LogP contribution < -0.4 is 5.32 Å². The SMILES string of the molecule is CC(Sc1nnnn1C1CC1)C(=O)NCCc1cccs1. The Morgan fingerprint density at radius 2 is 2.48 bits per heavy atom. The number of hydrogen-bond donors (Lipinski definition) is 1. The van der Waals surface area contributed by atoms with E-state index in [0.29, 0.717) is 12.6 Å². The Balaban J connectivity index is 1.46. The molecule has 112 valence electrons. The highest BCUT2D eigenvalue weighted by Gasteiger charge is 2.29. The largest absolute Gasteiger partial charge is 0.355 e. The van der Waals surface area contributed by atoms with Crippen LogP contribution >= 0.6 is 23.1 Å². The second kappa shape index (κ2) is 6.57. The van der Waals surface area contributed by atoms with Crippen LogP contribution in [0.1, 0.15) is 30.7 Å². The van der Waals surface area contributed by atoms with Gasteiger partial charge in [-0.25, -0.2) is 4.68 Å². The number of tetrazole rings is 1. The molecule has 0 aromatic carbocycles. The summed E-state index contributed by atoms with van der Waals surface area (Å²) in [5.74, 6) is 0.0295. The number of carbonyl (C=O) groups excluding carboxylic acids is 1. The van der Waals surface area contributed by atoms with Gasteiger partial charge in [-0.3, -0.25) is 4.79 Å². The number of rotatable bonds is 7. The maximum absolute atomic E-state index is 12.1. The van der Waals surface area contributed by atoms with Gasteiger partial charge in [0.25, 0.3) is 0 Å². The van der Waals surface area contributed by atoms with E-state index >= 15 is 0 Å². The minimum atomic E-state index is -0.197. The number of amides is 1. The molecule has 1 unspecified atom stereocenters. The van der Waals surface area contributed by atoms with Crippen molar-refractivity contribution in [3.63, 3.8) is 0 Å². The summed E-state index contributed by atoms with van der Waals surface area (Å²) in [6.45, 7) is 2.55. The number of carbonyl (C=O) groups is 1. The van der Waals surface area contributed by atoms with Gasteiger partial charge in [-0.15, -0.1) is 16.4 Å². The summed E-state index contributed by atoms with van der Waals surface area (Å²) in [7, 11) is 0. The molecule has 21 heavy (non-hydrogen) atoms. The first-order valence-corrected chi connectivity index (χ1v) is 8.74. The van der Waals surface area contributed by atoms with Gasteiger partial charge in [-0.05, 0) is 48.1 Å². The molecule has 0 radical (unpaired) electrons. The zero-order chi connectivity index (χ0) is 14.7. The predicted molar refractivity (Wildman–Crippen MR) is 82.4 cm³/mol. The minimum absolute atomic E-state index is 0.0295. The van der Waals surface area contributed by atoms with E-state index in [1.165, 1.54) is 16.6 Å². The molecule has 2 aromatic heterocycles. The number of hydrogen-bond acceptors (Lipinski definition) is 6. The summed E-state index contributed by atoms with van der Waals surface area (Å²) in [4.78, 5) is 13.4. The fraction of sp³-hybridized carbons (Fsp3) is 0.538. The number of thiophene rings is 1. The predicted octanol–water partition coefficient (Wildman–Crippen LogP) is 1.91. The highest BCUT2D eigenvalue weighted by atomic mass is 32.2. The Morgan fingerprint density at radius 1 is 1.62 bits per heavy atom. The second-order valence-corrected chi connectivity index (χ2v) is 7.36. The van der Waals surface area contributed by atoms with Crippen LogP contribution in [-0.4, -0.2) is 37.9 Å². The number of nitrogens with one attached hydrogen (secondary N) is 1. The van der Waals surface area contributed by atoms with Gasteiger partial charge < -0.3 is 5.32 Å². The van der Waals surface area contributed by atoms with Gasteiger partial charge in [0.05, 0.1) is 11.3 Å². The summed E-state index contributed by atoms with van der Waals surface area (Å²) < 4.78 is 1.83. The molecule has 8 heteroatoms.